The molecular weight excluding hydrogens is 332 g/mol. The lowest BCUT2D eigenvalue weighted by Gasteiger charge is -2.16. The summed E-state index contributed by atoms with van der Waals surface area (Å²) in [6.45, 7) is 5.39. The quantitative estimate of drug-likeness (QED) is 0.883. The van der Waals surface area contributed by atoms with Crippen molar-refractivity contribution in [2.45, 2.75) is 33.1 Å². The highest BCUT2D eigenvalue weighted by Crippen LogP contribution is 2.26. The van der Waals surface area contributed by atoms with Crippen LogP contribution in [0.5, 0.6) is 0 Å². The summed E-state index contributed by atoms with van der Waals surface area (Å²) in [5.74, 6) is -0.235. The zero-order valence-electron chi connectivity index (χ0n) is 12.5. The maximum atomic E-state index is 12.3. The van der Waals surface area contributed by atoms with Gasteiger partial charge in [-0.2, -0.15) is 0 Å². The highest BCUT2D eigenvalue weighted by atomic mass is 79.9. The van der Waals surface area contributed by atoms with E-state index in [2.05, 4.69) is 28.2 Å². The normalized spacial score (nSPS) is 18.1. The minimum absolute atomic E-state index is 0.0769. The Balaban J connectivity index is 1.96. The average Bonchev–Trinajstić information content (AvgIpc) is 2.81. The van der Waals surface area contributed by atoms with E-state index in [0.717, 1.165) is 35.1 Å². The van der Waals surface area contributed by atoms with Crippen molar-refractivity contribution in [1.29, 1.82) is 0 Å². The number of nitrogens with zero attached hydrogens (tertiary/aromatic N) is 1. The third-order valence-electron chi connectivity index (χ3n) is 3.75. The fourth-order valence-corrected chi connectivity index (χ4v) is 3.06. The monoisotopic (exact) mass is 352 g/mol. The minimum Gasteiger partial charge on any atom is -0.342 e. The van der Waals surface area contributed by atoms with Gasteiger partial charge in [0.15, 0.2) is 0 Å². The first-order valence-corrected chi connectivity index (χ1v) is 8.15. The van der Waals surface area contributed by atoms with Crippen LogP contribution < -0.4 is 5.32 Å². The van der Waals surface area contributed by atoms with Crippen LogP contribution in [0.3, 0.4) is 0 Å². The van der Waals surface area contributed by atoms with Crippen molar-refractivity contribution in [1.82, 2.24) is 4.90 Å². The Labute approximate surface area is 134 Å². The highest BCUT2D eigenvalue weighted by Gasteiger charge is 2.33. The van der Waals surface area contributed by atoms with Gasteiger partial charge in [-0.1, -0.05) is 19.4 Å². The fraction of sp³-hybridized carbons (Fsp3) is 0.500. The number of carbonyl (C=O) groups excluding carboxylic acids is 2. The van der Waals surface area contributed by atoms with Crippen LogP contribution in [0.15, 0.2) is 22.7 Å². The van der Waals surface area contributed by atoms with Crippen LogP contribution in [0.2, 0.25) is 0 Å². The fourth-order valence-electron chi connectivity index (χ4n) is 2.47. The van der Waals surface area contributed by atoms with E-state index in [0.29, 0.717) is 13.0 Å². The van der Waals surface area contributed by atoms with E-state index in [1.807, 2.05) is 25.1 Å². The zero-order valence-corrected chi connectivity index (χ0v) is 14.1. The molecule has 1 fully saturated rings. The zero-order chi connectivity index (χ0) is 15.4. The van der Waals surface area contributed by atoms with Gasteiger partial charge in [0.2, 0.25) is 11.8 Å². The Morgan fingerprint density at radius 1 is 1.48 bits per heavy atom. The van der Waals surface area contributed by atoms with Crippen molar-refractivity contribution < 1.29 is 9.59 Å². The molecule has 1 heterocycles. The molecule has 1 atom stereocenters. The number of amides is 2. The van der Waals surface area contributed by atoms with E-state index in [9.17, 15) is 9.59 Å². The Morgan fingerprint density at radius 2 is 2.24 bits per heavy atom. The van der Waals surface area contributed by atoms with Crippen molar-refractivity contribution in [2.24, 2.45) is 5.92 Å². The average molecular weight is 353 g/mol. The summed E-state index contributed by atoms with van der Waals surface area (Å²) in [7, 11) is 0. The Kier molecular flexibility index (Phi) is 5.39. The van der Waals surface area contributed by atoms with E-state index in [4.69, 9.17) is 0 Å². The number of aryl methyl sites for hydroxylation is 1. The Hall–Kier alpha value is -1.36. The van der Waals surface area contributed by atoms with Gasteiger partial charge in [0, 0.05) is 24.0 Å². The largest absolute Gasteiger partial charge is 0.342 e. The molecule has 0 saturated carbocycles. The van der Waals surface area contributed by atoms with Gasteiger partial charge in [0.25, 0.3) is 0 Å². The van der Waals surface area contributed by atoms with E-state index in [1.165, 1.54) is 0 Å². The SMILES string of the molecule is CCCCN1CC(C(=O)Nc2ccc(C)cc2Br)CC1=O. The van der Waals surface area contributed by atoms with Crippen LogP contribution >= 0.6 is 15.9 Å². The standard InChI is InChI=1S/C16H21BrN2O2/c1-3-4-7-19-10-12(9-15(19)20)16(21)18-14-6-5-11(2)8-13(14)17/h5-6,8,12H,3-4,7,9-10H2,1-2H3,(H,18,21). The third kappa shape index (κ3) is 4.06. The number of anilines is 1. The lowest BCUT2D eigenvalue weighted by molar-refractivity contribution is -0.128. The maximum Gasteiger partial charge on any atom is 0.229 e. The van der Waals surface area contributed by atoms with Crippen LogP contribution in [-0.4, -0.2) is 29.8 Å². The third-order valence-corrected chi connectivity index (χ3v) is 4.41. The lowest BCUT2D eigenvalue weighted by Crippen LogP contribution is -2.29. The number of carbonyl (C=O) groups is 2. The Bertz CT molecular complexity index is 545. The van der Waals surface area contributed by atoms with Gasteiger partial charge in [0.1, 0.15) is 0 Å². The lowest BCUT2D eigenvalue weighted by atomic mass is 10.1. The summed E-state index contributed by atoms with van der Waals surface area (Å²) in [6.07, 6.45) is 2.36. The topological polar surface area (TPSA) is 49.4 Å². The number of hydrogen-bond donors (Lipinski definition) is 1. The molecule has 2 rings (SSSR count). The molecule has 0 spiro atoms. The summed E-state index contributed by atoms with van der Waals surface area (Å²) in [5, 5.41) is 2.91. The number of hydrogen-bond acceptors (Lipinski definition) is 2. The molecule has 0 aromatic heterocycles. The van der Waals surface area contributed by atoms with Crippen molar-refractivity contribution in [3.05, 3.63) is 28.2 Å². The highest BCUT2D eigenvalue weighted by molar-refractivity contribution is 9.10. The molecule has 5 heteroatoms. The molecular formula is C16H21BrN2O2. The molecule has 1 aliphatic heterocycles. The van der Waals surface area contributed by atoms with Gasteiger partial charge in [0.05, 0.1) is 11.6 Å². The molecule has 1 aliphatic rings. The van der Waals surface area contributed by atoms with Crippen LogP contribution in [0, 0.1) is 12.8 Å². The number of likely N-dealkylation sites (tertiary alicyclic amines) is 1. The summed E-state index contributed by atoms with van der Waals surface area (Å²) in [4.78, 5) is 26.0. The van der Waals surface area contributed by atoms with E-state index < -0.39 is 0 Å². The molecule has 1 saturated heterocycles. The number of halogens is 1. The van der Waals surface area contributed by atoms with Crippen molar-refractivity contribution in [3.8, 4) is 0 Å². The van der Waals surface area contributed by atoms with Gasteiger partial charge >= 0.3 is 0 Å². The summed E-state index contributed by atoms with van der Waals surface area (Å²) in [6, 6.07) is 5.79. The van der Waals surface area contributed by atoms with Crippen LogP contribution in [0.25, 0.3) is 0 Å². The molecule has 21 heavy (non-hydrogen) atoms. The van der Waals surface area contributed by atoms with Gasteiger partial charge in [-0.05, 0) is 47.0 Å². The molecule has 1 N–H and O–H groups in total. The number of benzene rings is 1. The summed E-state index contributed by atoms with van der Waals surface area (Å²) in [5.41, 5.74) is 1.88. The second-order valence-electron chi connectivity index (χ2n) is 5.57. The van der Waals surface area contributed by atoms with E-state index in [1.54, 1.807) is 4.90 Å². The predicted octanol–water partition coefficient (Wildman–Crippen LogP) is 3.34. The summed E-state index contributed by atoms with van der Waals surface area (Å²) >= 11 is 3.45. The van der Waals surface area contributed by atoms with Crippen LogP contribution in [0.1, 0.15) is 31.7 Å². The molecule has 114 valence electrons. The second-order valence-corrected chi connectivity index (χ2v) is 6.42. The molecule has 0 bridgehead atoms. The van der Waals surface area contributed by atoms with Crippen molar-refractivity contribution in [3.63, 3.8) is 0 Å². The molecule has 0 radical (unpaired) electrons. The Morgan fingerprint density at radius 3 is 2.90 bits per heavy atom. The van der Waals surface area contributed by atoms with Gasteiger partial charge in [-0.15, -0.1) is 0 Å². The first-order valence-electron chi connectivity index (χ1n) is 7.36. The molecule has 1 unspecified atom stereocenters. The first-order chi connectivity index (χ1) is 10.0. The first kappa shape index (κ1) is 16.0. The van der Waals surface area contributed by atoms with Crippen LogP contribution in [-0.2, 0) is 9.59 Å². The maximum absolute atomic E-state index is 12.3. The molecule has 1 aromatic rings. The van der Waals surface area contributed by atoms with Crippen molar-refractivity contribution in [2.75, 3.05) is 18.4 Å². The summed E-state index contributed by atoms with van der Waals surface area (Å²) < 4.78 is 0.864. The van der Waals surface area contributed by atoms with Crippen LogP contribution in [0.4, 0.5) is 5.69 Å². The van der Waals surface area contributed by atoms with Gasteiger partial charge in [-0.25, -0.2) is 0 Å². The predicted molar refractivity (Wildman–Crippen MR) is 87.1 cm³/mol. The number of unbranched alkanes of at least 4 members (excludes halogenated alkanes) is 1. The van der Waals surface area contributed by atoms with Gasteiger partial charge < -0.3 is 10.2 Å². The number of rotatable bonds is 5. The number of nitrogens with one attached hydrogen (secondary N) is 1. The van der Waals surface area contributed by atoms with Crippen molar-refractivity contribution >= 4 is 33.4 Å². The molecule has 1 aromatic carbocycles. The molecule has 2 amide bonds. The van der Waals surface area contributed by atoms with E-state index >= 15 is 0 Å². The molecule has 4 nitrogen and oxygen atoms in total. The van der Waals surface area contributed by atoms with Gasteiger partial charge in [-0.3, -0.25) is 9.59 Å². The minimum atomic E-state index is -0.248. The second kappa shape index (κ2) is 7.07. The molecule has 0 aliphatic carbocycles. The smallest absolute Gasteiger partial charge is 0.229 e. The van der Waals surface area contributed by atoms with E-state index in [-0.39, 0.29) is 17.7 Å².